The van der Waals surface area contributed by atoms with Crippen LogP contribution in [-0.4, -0.2) is 10.9 Å². The lowest BCUT2D eigenvalue weighted by molar-refractivity contribution is 0.0996. The van der Waals surface area contributed by atoms with Gasteiger partial charge in [0.15, 0.2) is 0 Å². The first-order chi connectivity index (χ1) is 11.0. The Hall–Kier alpha value is -2.59. The lowest BCUT2D eigenvalue weighted by Gasteiger charge is -2.12. The molecule has 0 bridgehead atoms. The number of benzene rings is 2. The highest BCUT2D eigenvalue weighted by Crippen LogP contribution is 2.30. The number of hydrogen-bond donors (Lipinski definition) is 1. The summed E-state index contributed by atoms with van der Waals surface area (Å²) < 4.78 is 5.79. The van der Waals surface area contributed by atoms with Crippen LogP contribution in [-0.2, 0) is 6.61 Å². The molecule has 23 heavy (non-hydrogen) atoms. The molecule has 1 heterocycles. The fourth-order valence-corrected chi connectivity index (χ4v) is 2.69. The highest BCUT2D eigenvalue weighted by Gasteiger charge is 2.14. The topological polar surface area (TPSA) is 65.2 Å². The summed E-state index contributed by atoms with van der Waals surface area (Å²) in [7, 11) is 0. The number of carbonyl (C=O) groups excluding carboxylic acids is 1. The number of aromatic nitrogens is 1. The summed E-state index contributed by atoms with van der Waals surface area (Å²) in [6.07, 6.45) is 0. The molecule has 0 aliphatic heterocycles. The number of rotatable bonds is 4. The Balaban J connectivity index is 2.03. The molecule has 2 aromatic carbocycles. The maximum atomic E-state index is 11.7. The molecule has 2 N–H and O–H groups in total. The second kappa shape index (κ2) is 6.26. The summed E-state index contributed by atoms with van der Waals surface area (Å²) in [4.78, 5) is 16.1. The molecule has 1 aromatic heterocycles. The zero-order valence-electron chi connectivity index (χ0n) is 12.5. The van der Waals surface area contributed by atoms with E-state index < -0.39 is 5.91 Å². The number of aryl methyl sites for hydroxylation is 1. The van der Waals surface area contributed by atoms with Crippen LogP contribution in [0, 0.1) is 6.92 Å². The van der Waals surface area contributed by atoms with Crippen molar-refractivity contribution in [1.82, 2.24) is 4.98 Å². The van der Waals surface area contributed by atoms with Crippen molar-refractivity contribution in [3.8, 4) is 5.75 Å². The molecule has 4 nitrogen and oxygen atoms in total. The summed E-state index contributed by atoms with van der Waals surface area (Å²) in [6.45, 7) is 2.18. The molecule has 5 heteroatoms. The summed E-state index contributed by atoms with van der Waals surface area (Å²) in [5, 5.41) is 1.29. The number of nitrogens with zero attached hydrogens (tertiary/aromatic N) is 1. The van der Waals surface area contributed by atoms with E-state index in [-0.39, 0.29) is 0 Å². The van der Waals surface area contributed by atoms with Crippen LogP contribution < -0.4 is 10.5 Å². The fourth-order valence-electron chi connectivity index (χ4n) is 2.38. The van der Waals surface area contributed by atoms with Gasteiger partial charge >= 0.3 is 0 Å². The minimum Gasteiger partial charge on any atom is -0.488 e. The number of carbonyl (C=O) groups is 1. The number of hydrogen-bond acceptors (Lipinski definition) is 3. The molecule has 3 rings (SSSR count). The van der Waals surface area contributed by atoms with Gasteiger partial charge in [-0.15, -0.1) is 0 Å². The van der Waals surface area contributed by atoms with E-state index >= 15 is 0 Å². The molecule has 0 aliphatic carbocycles. The quantitative estimate of drug-likeness (QED) is 0.791. The van der Waals surface area contributed by atoms with Gasteiger partial charge in [-0.05, 0) is 30.7 Å². The first kappa shape index (κ1) is 15.3. The molecule has 0 aliphatic rings. The summed E-state index contributed by atoms with van der Waals surface area (Å²) in [6, 6.07) is 14.8. The van der Waals surface area contributed by atoms with Gasteiger partial charge < -0.3 is 10.5 Å². The highest BCUT2D eigenvalue weighted by atomic mass is 35.5. The molecule has 0 atom stereocenters. The van der Waals surface area contributed by atoms with E-state index in [0.717, 1.165) is 16.6 Å². The molecule has 0 saturated carbocycles. The Labute approximate surface area is 138 Å². The summed E-state index contributed by atoms with van der Waals surface area (Å²) in [5.74, 6) is -0.157. The first-order valence-electron chi connectivity index (χ1n) is 7.12. The Morgan fingerprint density at radius 2 is 1.96 bits per heavy atom. The van der Waals surface area contributed by atoms with Crippen molar-refractivity contribution in [1.29, 1.82) is 0 Å². The van der Waals surface area contributed by atoms with E-state index in [9.17, 15) is 4.79 Å². The molecule has 0 fully saturated rings. The van der Waals surface area contributed by atoms with Gasteiger partial charge in [-0.3, -0.25) is 9.78 Å². The number of pyridine rings is 1. The second-order valence-electron chi connectivity index (χ2n) is 5.25. The third-order valence-electron chi connectivity index (χ3n) is 3.49. The first-order valence-corrected chi connectivity index (χ1v) is 7.50. The molecule has 1 amide bonds. The van der Waals surface area contributed by atoms with Crippen LogP contribution in [0.1, 0.15) is 21.6 Å². The fraction of sp³-hybridized carbons (Fsp3) is 0.111. The van der Waals surface area contributed by atoms with Crippen molar-refractivity contribution in [2.45, 2.75) is 13.5 Å². The van der Waals surface area contributed by atoms with Gasteiger partial charge in [-0.2, -0.15) is 0 Å². The smallest absolute Gasteiger partial charge is 0.252 e. The third kappa shape index (κ3) is 3.27. The predicted octanol–water partition coefficient (Wildman–Crippen LogP) is 3.87. The maximum absolute atomic E-state index is 11.7. The number of ether oxygens (including phenoxy) is 1. The minimum atomic E-state index is -0.561. The van der Waals surface area contributed by atoms with Crippen LogP contribution >= 0.6 is 11.6 Å². The largest absolute Gasteiger partial charge is 0.488 e. The van der Waals surface area contributed by atoms with Crippen molar-refractivity contribution >= 4 is 28.4 Å². The van der Waals surface area contributed by atoms with Crippen LogP contribution in [0.15, 0.2) is 48.5 Å². The Morgan fingerprint density at radius 1 is 1.22 bits per heavy atom. The average molecular weight is 327 g/mol. The van der Waals surface area contributed by atoms with Crippen molar-refractivity contribution in [2.24, 2.45) is 5.73 Å². The Morgan fingerprint density at radius 3 is 2.65 bits per heavy atom. The van der Waals surface area contributed by atoms with Crippen molar-refractivity contribution in [3.63, 3.8) is 0 Å². The van der Waals surface area contributed by atoms with Crippen LogP contribution in [0.25, 0.3) is 10.9 Å². The van der Waals surface area contributed by atoms with E-state index in [1.54, 1.807) is 18.2 Å². The van der Waals surface area contributed by atoms with Gasteiger partial charge in [0.1, 0.15) is 12.4 Å². The summed E-state index contributed by atoms with van der Waals surface area (Å²) in [5.41, 5.74) is 8.16. The van der Waals surface area contributed by atoms with Crippen molar-refractivity contribution in [3.05, 3.63) is 70.4 Å². The molecule has 0 radical (unpaired) electrons. The molecule has 3 aromatic rings. The monoisotopic (exact) mass is 326 g/mol. The van der Waals surface area contributed by atoms with Gasteiger partial charge in [-0.25, -0.2) is 0 Å². The van der Waals surface area contributed by atoms with Crippen molar-refractivity contribution in [2.75, 3.05) is 0 Å². The van der Waals surface area contributed by atoms with E-state index in [1.165, 1.54) is 0 Å². The highest BCUT2D eigenvalue weighted by molar-refractivity contribution is 6.35. The SMILES string of the molecule is Cc1cc(Cl)c2cc(OCc3ccccc3)c(C(N)=O)cc2n1. The Bertz CT molecular complexity index is 879. The van der Waals surface area contributed by atoms with Gasteiger partial charge in [0, 0.05) is 11.1 Å². The Kier molecular flexibility index (Phi) is 4.17. The van der Waals surface area contributed by atoms with Crippen LogP contribution in [0.3, 0.4) is 0 Å². The third-order valence-corrected chi connectivity index (χ3v) is 3.80. The zero-order valence-corrected chi connectivity index (χ0v) is 13.3. The predicted molar refractivity (Wildman–Crippen MR) is 90.8 cm³/mol. The average Bonchev–Trinajstić information content (AvgIpc) is 2.53. The molecule has 0 unspecified atom stereocenters. The lowest BCUT2D eigenvalue weighted by Crippen LogP contribution is -2.13. The van der Waals surface area contributed by atoms with Gasteiger partial charge in [-0.1, -0.05) is 41.9 Å². The summed E-state index contributed by atoms with van der Waals surface area (Å²) >= 11 is 6.27. The normalized spacial score (nSPS) is 10.7. The van der Waals surface area contributed by atoms with Crippen LogP contribution in [0.5, 0.6) is 5.75 Å². The second-order valence-corrected chi connectivity index (χ2v) is 5.66. The van der Waals surface area contributed by atoms with Crippen LogP contribution in [0.2, 0.25) is 5.02 Å². The van der Waals surface area contributed by atoms with E-state index in [1.807, 2.05) is 37.3 Å². The van der Waals surface area contributed by atoms with Gasteiger partial charge in [0.2, 0.25) is 0 Å². The van der Waals surface area contributed by atoms with Crippen LogP contribution in [0.4, 0.5) is 0 Å². The zero-order chi connectivity index (χ0) is 16.4. The molecular weight excluding hydrogens is 312 g/mol. The molecule has 116 valence electrons. The number of amides is 1. The number of nitrogens with two attached hydrogens (primary N) is 1. The molecular formula is C18H15ClN2O2. The van der Waals surface area contributed by atoms with Crippen molar-refractivity contribution < 1.29 is 9.53 Å². The van der Waals surface area contributed by atoms with Gasteiger partial charge in [0.25, 0.3) is 5.91 Å². The lowest BCUT2D eigenvalue weighted by atomic mass is 10.1. The standard InChI is InChI=1S/C18H15ClN2O2/c1-11-7-15(19)13-9-17(14(18(20)22)8-16(13)21-11)23-10-12-5-3-2-4-6-12/h2-9H,10H2,1H3,(H2,20,22). The number of halogens is 1. The minimum absolute atomic E-state index is 0.294. The maximum Gasteiger partial charge on any atom is 0.252 e. The van der Waals surface area contributed by atoms with Gasteiger partial charge in [0.05, 0.1) is 16.1 Å². The molecule has 0 spiro atoms. The van der Waals surface area contributed by atoms with E-state index in [2.05, 4.69) is 4.98 Å². The number of primary amides is 1. The molecule has 0 saturated heterocycles. The van der Waals surface area contributed by atoms with E-state index in [0.29, 0.717) is 28.5 Å². The number of fused-ring (bicyclic) bond motifs is 1. The van der Waals surface area contributed by atoms with E-state index in [4.69, 9.17) is 22.1 Å².